The molecule has 0 aliphatic carbocycles. The van der Waals surface area contributed by atoms with Crippen LogP contribution in [0.1, 0.15) is 39.7 Å². The first-order chi connectivity index (χ1) is 17.6. The molecule has 2 unspecified atom stereocenters. The van der Waals surface area contributed by atoms with Gasteiger partial charge in [-0.15, -0.1) is 0 Å². The highest BCUT2D eigenvalue weighted by Crippen LogP contribution is 2.35. The molecule has 0 aromatic heterocycles. The molecule has 37 heavy (non-hydrogen) atoms. The molecule has 1 N–H and O–H groups in total. The van der Waals surface area contributed by atoms with Gasteiger partial charge < -0.3 is 19.7 Å². The smallest absolute Gasteiger partial charge is 0.244 e. The molecular weight excluding hydrogens is 518 g/mol. The van der Waals surface area contributed by atoms with Gasteiger partial charge in [0.2, 0.25) is 21.8 Å². The van der Waals surface area contributed by atoms with E-state index >= 15 is 0 Å². The Labute approximate surface area is 223 Å². The Balaban J connectivity index is 1.94. The molecule has 2 atom stereocenters. The van der Waals surface area contributed by atoms with Crippen molar-refractivity contribution < 1.29 is 27.5 Å². The van der Waals surface area contributed by atoms with Crippen molar-refractivity contribution in [2.45, 2.75) is 52.7 Å². The maximum Gasteiger partial charge on any atom is 0.244 e. The normalized spacial score (nSPS) is 14.4. The summed E-state index contributed by atoms with van der Waals surface area (Å²) in [7, 11) is -3.85. The van der Waals surface area contributed by atoms with Gasteiger partial charge in [0.1, 0.15) is 25.8 Å². The molecule has 1 heterocycles. The lowest BCUT2D eigenvalue weighted by molar-refractivity contribution is -0.139. The Hall–Kier alpha value is -2.98. The number of nitrogens with one attached hydrogen (secondary N) is 1. The lowest BCUT2D eigenvalue weighted by Crippen LogP contribution is -2.52. The van der Waals surface area contributed by atoms with Crippen molar-refractivity contribution in [1.29, 1.82) is 0 Å². The number of sulfonamides is 1. The van der Waals surface area contributed by atoms with Crippen LogP contribution in [0, 0.1) is 0 Å². The van der Waals surface area contributed by atoms with E-state index in [0.29, 0.717) is 35.3 Å². The maximum atomic E-state index is 13.7. The molecule has 1 aliphatic rings. The molecule has 202 valence electrons. The summed E-state index contributed by atoms with van der Waals surface area (Å²) in [6.07, 6.45) is 0.729. The van der Waals surface area contributed by atoms with Crippen LogP contribution in [-0.2, 0) is 26.2 Å². The summed E-state index contributed by atoms with van der Waals surface area (Å²) in [5.74, 6) is -0.155. The number of anilines is 1. The summed E-state index contributed by atoms with van der Waals surface area (Å²) in [5, 5.41) is 3.39. The topological polar surface area (TPSA) is 105 Å². The molecule has 2 aromatic rings. The number of halogens is 1. The molecule has 0 spiro atoms. The summed E-state index contributed by atoms with van der Waals surface area (Å²) in [6.45, 7) is 7.30. The third kappa shape index (κ3) is 7.29. The minimum atomic E-state index is -3.85. The van der Waals surface area contributed by atoms with Crippen molar-refractivity contribution in [1.82, 2.24) is 10.2 Å². The number of benzene rings is 2. The van der Waals surface area contributed by atoms with Crippen molar-refractivity contribution in [3.63, 3.8) is 0 Å². The highest BCUT2D eigenvalue weighted by atomic mass is 35.5. The fourth-order valence-corrected chi connectivity index (χ4v) is 5.05. The monoisotopic (exact) mass is 551 g/mol. The number of amides is 2. The number of nitrogens with zero attached hydrogens (tertiary/aromatic N) is 2. The molecule has 9 nitrogen and oxygen atoms in total. The fourth-order valence-electron chi connectivity index (χ4n) is 3.79. The number of fused-ring (bicyclic) bond motifs is 1. The van der Waals surface area contributed by atoms with Gasteiger partial charge in [-0.3, -0.25) is 13.9 Å². The van der Waals surface area contributed by atoms with Crippen LogP contribution in [0.3, 0.4) is 0 Å². The highest BCUT2D eigenvalue weighted by molar-refractivity contribution is 7.92. The molecular formula is C26H34ClN3O6S. The van der Waals surface area contributed by atoms with Crippen LogP contribution in [0.5, 0.6) is 11.5 Å². The summed E-state index contributed by atoms with van der Waals surface area (Å²) < 4.78 is 38.4. The number of ether oxygens (including phenoxy) is 2. The van der Waals surface area contributed by atoms with Crippen LogP contribution in [0.2, 0.25) is 5.02 Å². The van der Waals surface area contributed by atoms with Gasteiger partial charge in [-0.1, -0.05) is 30.7 Å². The van der Waals surface area contributed by atoms with E-state index in [1.807, 2.05) is 13.8 Å². The van der Waals surface area contributed by atoms with E-state index in [-0.39, 0.29) is 29.9 Å². The van der Waals surface area contributed by atoms with Crippen molar-refractivity contribution >= 4 is 39.1 Å². The zero-order valence-electron chi connectivity index (χ0n) is 21.6. The van der Waals surface area contributed by atoms with Crippen LogP contribution in [-0.4, -0.2) is 62.7 Å². The molecule has 11 heteroatoms. The summed E-state index contributed by atoms with van der Waals surface area (Å²) >= 11 is 6.15. The molecule has 0 saturated carbocycles. The van der Waals surface area contributed by atoms with E-state index in [2.05, 4.69) is 5.32 Å². The number of carbonyl (C=O) groups is 2. The second-order valence-electron chi connectivity index (χ2n) is 8.88. The van der Waals surface area contributed by atoms with E-state index in [1.165, 1.54) is 11.8 Å². The zero-order chi connectivity index (χ0) is 27.2. The summed E-state index contributed by atoms with van der Waals surface area (Å²) in [6, 6.07) is 10.8. The quantitative estimate of drug-likeness (QED) is 0.457. The van der Waals surface area contributed by atoms with Gasteiger partial charge in [0.05, 0.1) is 11.4 Å². The van der Waals surface area contributed by atoms with Gasteiger partial charge in [0.25, 0.3) is 0 Å². The third-order valence-electron chi connectivity index (χ3n) is 6.20. The van der Waals surface area contributed by atoms with Crippen LogP contribution in [0.15, 0.2) is 42.5 Å². The van der Waals surface area contributed by atoms with Crippen LogP contribution >= 0.6 is 11.6 Å². The van der Waals surface area contributed by atoms with E-state index < -0.39 is 28.5 Å². The van der Waals surface area contributed by atoms with Crippen molar-refractivity contribution in [3.05, 3.63) is 53.1 Å². The Morgan fingerprint density at radius 2 is 1.76 bits per heavy atom. The van der Waals surface area contributed by atoms with E-state index in [9.17, 15) is 18.0 Å². The van der Waals surface area contributed by atoms with Crippen molar-refractivity contribution in [2.24, 2.45) is 0 Å². The molecule has 2 amide bonds. The highest BCUT2D eigenvalue weighted by Gasteiger charge is 2.32. The van der Waals surface area contributed by atoms with Gasteiger partial charge >= 0.3 is 0 Å². The van der Waals surface area contributed by atoms with Crippen LogP contribution in [0.25, 0.3) is 0 Å². The third-order valence-corrected chi connectivity index (χ3v) is 8.18. The Morgan fingerprint density at radius 3 is 2.41 bits per heavy atom. The first-order valence-corrected chi connectivity index (χ1v) is 14.3. The van der Waals surface area contributed by atoms with E-state index in [4.69, 9.17) is 21.1 Å². The standard InChI is InChI=1S/C26H34ClN3O6S/c1-5-18(3)28-26(32)19(4)29(16-20-8-7-9-21(27)14-20)25(31)17-30(37(33,34)6-2)22-10-11-23-24(15-22)36-13-12-35-23/h7-11,14-15,18-19H,5-6,12-13,16-17H2,1-4H3,(H,28,32). The number of carbonyl (C=O) groups excluding carboxylic acids is 2. The number of rotatable bonds is 11. The summed E-state index contributed by atoms with van der Waals surface area (Å²) in [5.41, 5.74) is 0.993. The molecule has 0 radical (unpaired) electrons. The van der Waals surface area contributed by atoms with Crippen molar-refractivity contribution in [3.8, 4) is 11.5 Å². The van der Waals surface area contributed by atoms with Gasteiger partial charge in [-0.25, -0.2) is 8.42 Å². The molecule has 1 aliphatic heterocycles. The second kappa shape index (κ2) is 12.5. The van der Waals surface area contributed by atoms with Gasteiger partial charge in [0, 0.05) is 23.7 Å². The predicted octanol–water partition coefficient (Wildman–Crippen LogP) is 3.60. The van der Waals surface area contributed by atoms with Crippen LogP contribution in [0.4, 0.5) is 5.69 Å². The molecule has 3 rings (SSSR count). The van der Waals surface area contributed by atoms with Gasteiger partial charge in [0.15, 0.2) is 11.5 Å². The fraction of sp³-hybridized carbons (Fsp3) is 0.462. The van der Waals surface area contributed by atoms with E-state index in [0.717, 1.165) is 10.7 Å². The SMILES string of the molecule is CCC(C)NC(=O)C(C)N(Cc1cccc(Cl)c1)C(=O)CN(c1ccc2c(c1)OCCO2)S(=O)(=O)CC. The Kier molecular flexibility index (Phi) is 9.67. The summed E-state index contributed by atoms with van der Waals surface area (Å²) in [4.78, 5) is 28.1. The van der Waals surface area contributed by atoms with Gasteiger partial charge in [-0.05, 0) is 57.0 Å². The Morgan fingerprint density at radius 1 is 1.05 bits per heavy atom. The second-order valence-corrected chi connectivity index (χ2v) is 11.5. The van der Waals surface area contributed by atoms with Crippen LogP contribution < -0.4 is 19.1 Å². The van der Waals surface area contributed by atoms with E-state index in [1.54, 1.807) is 49.4 Å². The average molecular weight is 552 g/mol. The molecule has 0 fully saturated rings. The number of hydrogen-bond donors (Lipinski definition) is 1. The molecule has 2 aromatic carbocycles. The maximum absolute atomic E-state index is 13.7. The first-order valence-electron chi connectivity index (χ1n) is 12.3. The minimum absolute atomic E-state index is 0.0762. The lowest BCUT2D eigenvalue weighted by atomic mass is 10.1. The first kappa shape index (κ1) is 28.6. The number of hydrogen-bond acceptors (Lipinski definition) is 6. The average Bonchev–Trinajstić information content (AvgIpc) is 2.89. The minimum Gasteiger partial charge on any atom is -0.486 e. The van der Waals surface area contributed by atoms with Crippen molar-refractivity contribution in [2.75, 3.05) is 29.8 Å². The molecule has 0 saturated heterocycles. The Bertz CT molecular complexity index is 1220. The van der Waals surface area contributed by atoms with Gasteiger partial charge in [-0.2, -0.15) is 0 Å². The largest absolute Gasteiger partial charge is 0.486 e. The molecule has 0 bridgehead atoms. The zero-order valence-corrected chi connectivity index (χ0v) is 23.1. The lowest BCUT2D eigenvalue weighted by Gasteiger charge is -2.32. The predicted molar refractivity (Wildman–Crippen MR) is 144 cm³/mol.